The highest BCUT2D eigenvalue weighted by molar-refractivity contribution is 6.77. The van der Waals surface area contributed by atoms with Gasteiger partial charge in [0.1, 0.15) is 0 Å². The van der Waals surface area contributed by atoms with Gasteiger partial charge in [-0.3, -0.25) is 4.79 Å². The predicted molar refractivity (Wildman–Crippen MR) is 137 cm³/mol. The second-order valence-electron chi connectivity index (χ2n) is 9.85. The Morgan fingerprint density at radius 3 is 2.19 bits per heavy atom. The van der Waals surface area contributed by atoms with Gasteiger partial charge < -0.3 is 4.43 Å². The summed E-state index contributed by atoms with van der Waals surface area (Å²) >= 11 is 0. The fourth-order valence-electron chi connectivity index (χ4n) is 5.29. The molecule has 0 spiro atoms. The number of ketones is 1. The zero-order valence-electron chi connectivity index (χ0n) is 20.4. The second-order valence-corrected chi connectivity index (χ2v) is 15.3. The lowest BCUT2D eigenvalue weighted by molar-refractivity contribution is -0.115. The van der Waals surface area contributed by atoms with E-state index < -0.39 is 8.32 Å². The lowest BCUT2D eigenvalue weighted by Gasteiger charge is -2.43. The van der Waals surface area contributed by atoms with Crippen molar-refractivity contribution in [1.82, 2.24) is 0 Å². The van der Waals surface area contributed by atoms with Crippen molar-refractivity contribution in [3.8, 4) is 0 Å². The van der Waals surface area contributed by atoms with Gasteiger partial charge in [-0.05, 0) is 52.9 Å². The molecule has 2 nitrogen and oxygen atoms in total. The van der Waals surface area contributed by atoms with Crippen molar-refractivity contribution in [2.45, 2.75) is 77.4 Å². The SMILES string of the molecule is CC(C)[Si](OC[C@H](C/C=C/C=C/c1ccccc1)[C@@H]1C=CC(=O)CC1)(C(C)C)C(C)C. The molecule has 1 aromatic carbocycles. The molecule has 31 heavy (non-hydrogen) atoms. The van der Waals surface area contributed by atoms with Crippen LogP contribution < -0.4 is 0 Å². The summed E-state index contributed by atoms with van der Waals surface area (Å²) in [5, 5.41) is 0. The highest BCUT2D eigenvalue weighted by atomic mass is 28.4. The summed E-state index contributed by atoms with van der Waals surface area (Å²) in [4.78, 5) is 11.7. The quantitative estimate of drug-likeness (QED) is 0.258. The molecule has 1 aliphatic carbocycles. The van der Waals surface area contributed by atoms with Crippen molar-refractivity contribution in [3.05, 3.63) is 66.3 Å². The van der Waals surface area contributed by atoms with Crippen molar-refractivity contribution in [2.75, 3.05) is 6.61 Å². The van der Waals surface area contributed by atoms with Gasteiger partial charge in [0.25, 0.3) is 0 Å². The van der Waals surface area contributed by atoms with Crippen molar-refractivity contribution in [1.29, 1.82) is 0 Å². The fourth-order valence-corrected chi connectivity index (χ4v) is 10.8. The third-order valence-electron chi connectivity index (χ3n) is 6.89. The van der Waals surface area contributed by atoms with Crippen molar-refractivity contribution >= 4 is 20.2 Å². The highest BCUT2D eigenvalue weighted by Gasteiger charge is 2.45. The first kappa shape index (κ1) is 25.5. The lowest BCUT2D eigenvalue weighted by atomic mass is 9.82. The van der Waals surface area contributed by atoms with Gasteiger partial charge in [0, 0.05) is 13.0 Å². The van der Waals surface area contributed by atoms with E-state index in [1.807, 2.05) is 6.07 Å². The maximum absolute atomic E-state index is 11.7. The van der Waals surface area contributed by atoms with E-state index in [4.69, 9.17) is 4.43 Å². The van der Waals surface area contributed by atoms with Crippen LogP contribution >= 0.6 is 0 Å². The molecule has 1 aromatic rings. The maximum atomic E-state index is 11.7. The van der Waals surface area contributed by atoms with E-state index in [9.17, 15) is 4.79 Å². The van der Waals surface area contributed by atoms with Crippen LogP contribution in [0.3, 0.4) is 0 Å². The molecular formula is C28H42O2Si. The van der Waals surface area contributed by atoms with Crippen LogP contribution in [0, 0.1) is 11.8 Å². The van der Waals surface area contributed by atoms with E-state index >= 15 is 0 Å². The van der Waals surface area contributed by atoms with Crippen LogP contribution in [0.25, 0.3) is 6.08 Å². The minimum atomic E-state index is -1.90. The maximum Gasteiger partial charge on any atom is 0.200 e. The summed E-state index contributed by atoms with van der Waals surface area (Å²) < 4.78 is 6.95. The van der Waals surface area contributed by atoms with E-state index in [-0.39, 0.29) is 5.78 Å². The number of hydrogen-bond donors (Lipinski definition) is 0. The number of rotatable bonds is 11. The van der Waals surface area contributed by atoms with Crippen molar-refractivity contribution < 1.29 is 9.22 Å². The first-order valence-electron chi connectivity index (χ1n) is 12.0. The van der Waals surface area contributed by atoms with Gasteiger partial charge in [0.05, 0.1) is 0 Å². The highest BCUT2D eigenvalue weighted by Crippen LogP contribution is 2.43. The van der Waals surface area contributed by atoms with Gasteiger partial charge in [-0.1, -0.05) is 102 Å². The molecule has 0 aliphatic heterocycles. The average molecular weight is 439 g/mol. The summed E-state index contributed by atoms with van der Waals surface area (Å²) in [6.45, 7) is 14.8. The standard InChI is InChI=1S/C28H42O2Si/c1-22(2)31(23(3)4,24(5)6)30-21-27(26-17-19-28(29)20-18-26)16-12-8-11-15-25-13-9-7-10-14-25/h7-15,17,19,22-24,26-27H,16,18,20-21H2,1-6H3/b12-8+,15-11+/t26-,27+/m1/s1. The zero-order chi connectivity index (χ0) is 22.9. The van der Waals surface area contributed by atoms with E-state index in [0.29, 0.717) is 34.9 Å². The molecule has 0 bridgehead atoms. The van der Waals surface area contributed by atoms with Crippen LogP contribution in [0.15, 0.2) is 60.7 Å². The zero-order valence-corrected chi connectivity index (χ0v) is 21.4. The van der Waals surface area contributed by atoms with E-state index in [0.717, 1.165) is 19.4 Å². The van der Waals surface area contributed by atoms with Gasteiger partial charge in [-0.15, -0.1) is 0 Å². The predicted octanol–water partition coefficient (Wildman–Crippen LogP) is 7.99. The van der Waals surface area contributed by atoms with Crippen molar-refractivity contribution in [2.24, 2.45) is 11.8 Å². The Morgan fingerprint density at radius 1 is 1.00 bits per heavy atom. The largest absolute Gasteiger partial charge is 0.416 e. The Labute approximate surface area is 191 Å². The summed E-state index contributed by atoms with van der Waals surface area (Å²) in [6, 6.07) is 10.4. The first-order valence-corrected chi connectivity index (χ1v) is 14.1. The summed E-state index contributed by atoms with van der Waals surface area (Å²) in [7, 11) is -1.90. The van der Waals surface area contributed by atoms with Gasteiger partial charge in [-0.25, -0.2) is 0 Å². The molecular weight excluding hydrogens is 396 g/mol. The number of carbonyl (C=O) groups is 1. The number of carbonyl (C=O) groups excluding carboxylic acids is 1. The smallest absolute Gasteiger partial charge is 0.200 e. The monoisotopic (exact) mass is 438 g/mol. The summed E-state index contributed by atoms with van der Waals surface area (Å²) in [5.74, 6) is 1.08. The van der Waals surface area contributed by atoms with Crippen LogP contribution in [0.4, 0.5) is 0 Å². The molecule has 0 saturated heterocycles. The summed E-state index contributed by atoms with van der Waals surface area (Å²) in [5.41, 5.74) is 2.96. The third kappa shape index (κ3) is 7.15. The topological polar surface area (TPSA) is 26.3 Å². The van der Waals surface area contributed by atoms with Crippen LogP contribution in [0.2, 0.25) is 16.6 Å². The lowest BCUT2D eigenvalue weighted by Crippen LogP contribution is -2.49. The van der Waals surface area contributed by atoms with Crippen LogP contribution in [-0.2, 0) is 9.22 Å². The Kier molecular flexibility index (Phi) is 10.2. The molecule has 0 aromatic heterocycles. The molecule has 0 radical (unpaired) electrons. The molecule has 0 amide bonds. The number of allylic oxidation sites excluding steroid dienone is 5. The molecule has 170 valence electrons. The van der Waals surface area contributed by atoms with E-state index in [1.165, 1.54) is 5.56 Å². The van der Waals surface area contributed by atoms with Gasteiger partial charge >= 0.3 is 0 Å². The van der Waals surface area contributed by atoms with Gasteiger partial charge in [0.2, 0.25) is 0 Å². The third-order valence-corrected chi connectivity index (χ3v) is 13.0. The minimum Gasteiger partial charge on any atom is -0.416 e. The van der Waals surface area contributed by atoms with Gasteiger partial charge in [0.15, 0.2) is 14.1 Å². The normalized spacial score (nSPS) is 18.9. The van der Waals surface area contributed by atoms with E-state index in [2.05, 4.69) is 96.2 Å². The number of benzene rings is 1. The Balaban J connectivity index is 2.11. The van der Waals surface area contributed by atoms with Crippen LogP contribution in [0.1, 0.15) is 66.4 Å². The molecule has 2 rings (SSSR count). The first-order chi connectivity index (χ1) is 14.8. The molecule has 0 unspecified atom stereocenters. The molecule has 0 fully saturated rings. The second kappa shape index (κ2) is 12.4. The van der Waals surface area contributed by atoms with Crippen LogP contribution in [0.5, 0.6) is 0 Å². The molecule has 2 atom stereocenters. The molecule has 0 N–H and O–H groups in total. The van der Waals surface area contributed by atoms with Crippen LogP contribution in [-0.4, -0.2) is 20.7 Å². The van der Waals surface area contributed by atoms with E-state index in [1.54, 1.807) is 6.08 Å². The molecule has 1 aliphatic rings. The van der Waals surface area contributed by atoms with Gasteiger partial charge in [-0.2, -0.15) is 0 Å². The molecule has 0 saturated carbocycles. The average Bonchev–Trinajstić information content (AvgIpc) is 2.73. The Hall–Kier alpha value is -1.71. The fraction of sp³-hybridized carbons (Fsp3) is 0.536. The molecule has 0 heterocycles. The van der Waals surface area contributed by atoms with Crippen molar-refractivity contribution in [3.63, 3.8) is 0 Å². The Morgan fingerprint density at radius 2 is 1.65 bits per heavy atom. The molecule has 3 heteroatoms. The summed E-state index contributed by atoms with van der Waals surface area (Å²) in [6.07, 6.45) is 15.2. The number of hydrogen-bond acceptors (Lipinski definition) is 2. The minimum absolute atomic E-state index is 0.257. The Bertz CT molecular complexity index is 737.